The lowest BCUT2D eigenvalue weighted by atomic mass is 10.1. The minimum atomic E-state index is -0.917. The summed E-state index contributed by atoms with van der Waals surface area (Å²) in [5.41, 5.74) is 2.19. The highest BCUT2D eigenvalue weighted by molar-refractivity contribution is 7.59. The summed E-state index contributed by atoms with van der Waals surface area (Å²) in [4.78, 5) is 13.2. The number of hydrogen-bond acceptors (Lipinski definition) is 6. The second-order valence-corrected chi connectivity index (χ2v) is 5.99. The van der Waals surface area contributed by atoms with Crippen molar-refractivity contribution in [3.8, 4) is 11.3 Å². The lowest BCUT2D eigenvalue weighted by Crippen LogP contribution is -2.42. The van der Waals surface area contributed by atoms with Crippen molar-refractivity contribution >= 4 is 30.3 Å². The van der Waals surface area contributed by atoms with Gasteiger partial charge in [0.05, 0.1) is 23.9 Å². The highest BCUT2D eigenvalue weighted by Gasteiger charge is 2.16. The molecule has 1 aromatic carbocycles. The van der Waals surface area contributed by atoms with Crippen LogP contribution in [-0.2, 0) is 4.74 Å². The Morgan fingerprint density at radius 2 is 2.00 bits per heavy atom. The largest absolute Gasteiger partial charge is 0.374 e. The third kappa shape index (κ3) is 4.32. The number of morpholine rings is 1. The zero-order valence-corrected chi connectivity index (χ0v) is 15.4. The van der Waals surface area contributed by atoms with Gasteiger partial charge in [-0.2, -0.15) is 13.5 Å². The second kappa shape index (κ2) is 8.55. The maximum Gasteiger partial charge on any atom is 0.159 e. The van der Waals surface area contributed by atoms with Crippen molar-refractivity contribution in [1.29, 1.82) is 0 Å². The molecule has 0 bridgehead atoms. The minimum absolute atomic E-state index is 0. The molecule has 6 nitrogen and oxygen atoms in total. The molecule has 0 unspecified atom stereocenters. The van der Waals surface area contributed by atoms with Crippen molar-refractivity contribution < 1.29 is 13.5 Å². The molecule has 0 saturated carbocycles. The molecule has 27 heavy (non-hydrogen) atoms. The van der Waals surface area contributed by atoms with Crippen molar-refractivity contribution in [2.75, 3.05) is 31.6 Å². The van der Waals surface area contributed by atoms with E-state index in [1.807, 2.05) is 0 Å². The summed E-state index contributed by atoms with van der Waals surface area (Å²) in [5.74, 6) is -1.28. The fraction of sp³-hybridized carbons (Fsp3) is 0.278. The zero-order chi connectivity index (χ0) is 17.9. The molecular formula is C18H19F2N5OS. The van der Waals surface area contributed by atoms with E-state index in [4.69, 9.17) is 4.74 Å². The SMILES string of the molecule is Fc1ccc(-c2cc3nccnc3c(NC[C@@H]3CNCCO3)n2)cc1F.S. The molecule has 1 atom stereocenters. The average Bonchev–Trinajstić information content (AvgIpc) is 2.69. The van der Waals surface area contributed by atoms with Gasteiger partial charge in [-0.15, -0.1) is 0 Å². The molecule has 9 heteroatoms. The van der Waals surface area contributed by atoms with E-state index in [-0.39, 0.29) is 19.6 Å². The van der Waals surface area contributed by atoms with Crippen LogP contribution in [0, 0.1) is 11.6 Å². The summed E-state index contributed by atoms with van der Waals surface area (Å²) in [7, 11) is 0. The maximum atomic E-state index is 13.6. The van der Waals surface area contributed by atoms with Crippen LogP contribution in [0.4, 0.5) is 14.6 Å². The van der Waals surface area contributed by atoms with Crippen LogP contribution in [0.25, 0.3) is 22.3 Å². The van der Waals surface area contributed by atoms with E-state index in [1.54, 1.807) is 18.5 Å². The van der Waals surface area contributed by atoms with E-state index in [9.17, 15) is 8.78 Å². The number of halogens is 2. The van der Waals surface area contributed by atoms with E-state index in [0.29, 0.717) is 41.3 Å². The highest BCUT2D eigenvalue weighted by Crippen LogP contribution is 2.26. The molecule has 2 aromatic heterocycles. The molecule has 2 N–H and O–H groups in total. The van der Waals surface area contributed by atoms with E-state index in [2.05, 4.69) is 25.6 Å². The predicted molar refractivity (Wildman–Crippen MR) is 104 cm³/mol. The van der Waals surface area contributed by atoms with Gasteiger partial charge in [-0.05, 0) is 24.3 Å². The van der Waals surface area contributed by atoms with Crippen molar-refractivity contribution in [2.24, 2.45) is 0 Å². The van der Waals surface area contributed by atoms with Crippen LogP contribution in [0.2, 0.25) is 0 Å². The lowest BCUT2D eigenvalue weighted by Gasteiger charge is -2.24. The van der Waals surface area contributed by atoms with Crippen molar-refractivity contribution in [1.82, 2.24) is 20.3 Å². The number of rotatable bonds is 4. The normalized spacial score (nSPS) is 16.7. The fourth-order valence-corrected chi connectivity index (χ4v) is 2.86. The molecule has 0 spiro atoms. The number of pyridine rings is 1. The lowest BCUT2D eigenvalue weighted by molar-refractivity contribution is 0.0372. The molecule has 1 aliphatic heterocycles. The number of anilines is 1. The molecule has 1 fully saturated rings. The summed E-state index contributed by atoms with van der Waals surface area (Å²) in [6.45, 7) is 2.80. The molecule has 3 aromatic rings. The van der Waals surface area contributed by atoms with Gasteiger partial charge in [0.25, 0.3) is 0 Å². The Hall–Kier alpha value is -2.36. The Morgan fingerprint density at radius 3 is 2.78 bits per heavy atom. The van der Waals surface area contributed by atoms with Gasteiger partial charge < -0.3 is 15.4 Å². The van der Waals surface area contributed by atoms with Gasteiger partial charge in [0.1, 0.15) is 5.52 Å². The van der Waals surface area contributed by atoms with Crippen molar-refractivity contribution in [3.63, 3.8) is 0 Å². The Labute approximate surface area is 161 Å². The smallest absolute Gasteiger partial charge is 0.159 e. The van der Waals surface area contributed by atoms with Crippen LogP contribution in [0.15, 0.2) is 36.7 Å². The van der Waals surface area contributed by atoms with Gasteiger partial charge in [0, 0.05) is 37.6 Å². The molecule has 0 amide bonds. The van der Waals surface area contributed by atoms with Gasteiger partial charge >= 0.3 is 0 Å². The molecule has 3 heterocycles. The third-order valence-electron chi connectivity index (χ3n) is 4.17. The van der Waals surface area contributed by atoms with Crippen LogP contribution in [0.5, 0.6) is 0 Å². The first-order valence-corrected chi connectivity index (χ1v) is 8.34. The summed E-state index contributed by atoms with van der Waals surface area (Å²) in [5, 5.41) is 6.51. The Kier molecular flexibility index (Phi) is 6.15. The van der Waals surface area contributed by atoms with Crippen LogP contribution >= 0.6 is 13.5 Å². The van der Waals surface area contributed by atoms with Crippen molar-refractivity contribution in [2.45, 2.75) is 6.10 Å². The number of benzene rings is 1. The van der Waals surface area contributed by atoms with Gasteiger partial charge in [0.15, 0.2) is 17.5 Å². The Balaban J connectivity index is 0.00000210. The van der Waals surface area contributed by atoms with E-state index in [0.717, 1.165) is 25.2 Å². The van der Waals surface area contributed by atoms with E-state index < -0.39 is 11.6 Å². The quantitative estimate of drug-likeness (QED) is 0.712. The molecule has 1 aliphatic rings. The number of fused-ring (bicyclic) bond motifs is 1. The van der Waals surface area contributed by atoms with E-state index in [1.165, 1.54) is 6.07 Å². The van der Waals surface area contributed by atoms with Crippen LogP contribution in [0.3, 0.4) is 0 Å². The first kappa shape index (κ1) is 19.4. The summed E-state index contributed by atoms with van der Waals surface area (Å²) < 4.78 is 32.5. The number of nitrogens with one attached hydrogen (secondary N) is 2. The Morgan fingerprint density at radius 1 is 1.15 bits per heavy atom. The average molecular weight is 391 g/mol. The second-order valence-electron chi connectivity index (χ2n) is 5.99. The topological polar surface area (TPSA) is 72.0 Å². The monoisotopic (exact) mass is 391 g/mol. The van der Waals surface area contributed by atoms with Crippen LogP contribution in [0.1, 0.15) is 0 Å². The molecule has 142 valence electrons. The Bertz CT molecular complexity index is 937. The maximum absolute atomic E-state index is 13.6. The molecule has 4 rings (SSSR count). The fourth-order valence-electron chi connectivity index (χ4n) is 2.86. The molecule has 0 aliphatic carbocycles. The van der Waals surface area contributed by atoms with E-state index >= 15 is 0 Å². The van der Waals surface area contributed by atoms with Crippen molar-refractivity contribution in [3.05, 3.63) is 48.3 Å². The number of aromatic nitrogens is 3. The van der Waals surface area contributed by atoms with Gasteiger partial charge in [0.2, 0.25) is 0 Å². The number of nitrogens with zero attached hydrogens (tertiary/aromatic N) is 3. The summed E-state index contributed by atoms with van der Waals surface area (Å²) in [6, 6.07) is 5.40. The van der Waals surface area contributed by atoms with Gasteiger partial charge in [-0.3, -0.25) is 4.98 Å². The minimum Gasteiger partial charge on any atom is -0.374 e. The summed E-state index contributed by atoms with van der Waals surface area (Å²) >= 11 is 0. The third-order valence-corrected chi connectivity index (χ3v) is 4.17. The van der Waals surface area contributed by atoms with Gasteiger partial charge in [-0.25, -0.2) is 18.7 Å². The predicted octanol–water partition coefficient (Wildman–Crippen LogP) is 2.48. The standard InChI is InChI=1S/C18H17F2N5O.H2S/c19-13-2-1-11(7-14(13)20)15-8-16-17(23-4-3-22-16)18(25-15)24-10-12-9-21-5-6-26-12;/h1-4,7-8,12,21H,5-6,9-10H2,(H,24,25);1H2/t12-;/m0./s1. The van der Waals surface area contributed by atoms with Gasteiger partial charge in [-0.1, -0.05) is 0 Å². The number of ether oxygens (including phenoxy) is 1. The molecular weight excluding hydrogens is 372 g/mol. The van der Waals surface area contributed by atoms with Crippen LogP contribution < -0.4 is 10.6 Å². The van der Waals surface area contributed by atoms with Crippen LogP contribution in [-0.4, -0.2) is 47.3 Å². The first-order valence-electron chi connectivity index (χ1n) is 8.34. The highest BCUT2D eigenvalue weighted by atomic mass is 32.1. The summed E-state index contributed by atoms with van der Waals surface area (Å²) in [6.07, 6.45) is 3.18. The first-order chi connectivity index (χ1) is 12.7. The molecule has 0 radical (unpaired) electrons. The zero-order valence-electron chi connectivity index (χ0n) is 14.4. The number of hydrogen-bond donors (Lipinski definition) is 2. The molecule has 1 saturated heterocycles.